The van der Waals surface area contributed by atoms with Crippen molar-refractivity contribution in [2.75, 3.05) is 51.2 Å². The molecular weight excluding hydrogens is 436 g/mol. The summed E-state index contributed by atoms with van der Waals surface area (Å²) in [6.45, 7) is 9.50. The number of hydrogen-bond acceptors (Lipinski definition) is 5. The number of aryl methyl sites for hydroxylation is 1. The average molecular weight is 469 g/mol. The summed E-state index contributed by atoms with van der Waals surface area (Å²) >= 11 is 5.59. The van der Waals surface area contributed by atoms with Gasteiger partial charge in [0.2, 0.25) is 10.0 Å². The van der Waals surface area contributed by atoms with Gasteiger partial charge in [-0.2, -0.15) is 4.31 Å². The molecule has 0 bridgehead atoms. The Morgan fingerprint density at radius 1 is 1.19 bits per heavy atom. The van der Waals surface area contributed by atoms with E-state index in [1.807, 2.05) is 30.6 Å². The smallest absolute Gasteiger partial charge is 0.251 e. The van der Waals surface area contributed by atoms with Gasteiger partial charge in [0, 0.05) is 51.6 Å². The molecular formula is C21H32N4O4S2. The molecule has 2 heterocycles. The fourth-order valence-corrected chi connectivity index (χ4v) is 5.69. The molecule has 2 fully saturated rings. The number of rotatable bonds is 6. The molecule has 172 valence electrons. The van der Waals surface area contributed by atoms with Crippen LogP contribution < -0.4 is 5.32 Å². The SMILES string of the molecule is CCN(CC)S(=O)(=O)c1ccc(C)c(NC(=S)N2CCN(C(=O)[C@H]3CCCO3)CC2)c1. The van der Waals surface area contributed by atoms with Crippen molar-refractivity contribution in [2.24, 2.45) is 0 Å². The van der Waals surface area contributed by atoms with E-state index < -0.39 is 10.0 Å². The van der Waals surface area contributed by atoms with Gasteiger partial charge >= 0.3 is 0 Å². The Hall–Kier alpha value is -1.75. The minimum Gasteiger partial charge on any atom is -0.368 e. The summed E-state index contributed by atoms with van der Waals surface area (Å²) in [5, 5.41) is 3.74. The first-order chi connectivity index (χ1) is 14.8. The molecule has 31 heavy (non-hydrogen) atoms. The van der Waals surface area contributed by atoms with E-state index in [1.54, 1.807) is 18.2 Å². The van der Waals surface area contributed by atoms with Crippen LogP contribution in [0.3, 0.4) is 0 Å². The highest BCUT2D eigenvalue weighted by Crippen LogP contribution is 2.24. The molecule has 1 aromatic carbocycles. The fraction of sp³-hybridized carbons (Fsp3) is 0.619. The van der Waals surface area contributed by atoms with Gasteiger partial charge in [0.05, 0.1) is 4.90 Å². The van der Waals surface area contributed by atoms with Crippen LogP contribution in [0.1, 0.15) is 32.3 Å². The lowest BCUT2D eigenvalue weighted by atomic mass is 10.2. The number of benzene rings is 1. The normalized spacial score (nSPS) is 19.7. The zero-order valence-corrected chi connectivity index (χ0v) is 20.1. The number of nitrogens with zero attached hydrogens (tertiary/aromatic N) is 3. The number of carbonyl (C=O) groups is 1. The lowest BCUT2D eigenvalue weighted by Gasteiger charge is -2.37. The molecule has 0 aliphatic carbocycles. The standard InChI is InChI=1S/C21H32N4O4S2/c1-4-25(5-2)31(27,28)17-9-8-16(3)18(15-17)22-21(30)24-12-10-23(11-13-24)20(26)19-7-6-14-29-19/h8-9,15,19H,4-7,10-14H2,1-3H3,(H,22,30)/t19-/m1/s1. The van der Waals surface area contributed by atoms with E-state index in [0.29, 0.717) is 56.7 Å². The van der Waals surface area contributed by atoms with E-state index in [4.69, 9.17) is 17.0 Å². The van der Waals surface area contributed by atoms with Gasteiger partial charge in [-0.25, -0.2) is 8.42 Å². The van der Waals surface area contributed by atoms with E-state index in [0.717, 1.165) is 18.4 Å². The first-order valence-corrected chi connectivity index (χ1v) is 12.7. The third-order valence-electron chi connectivity index (χ3n) is 5.88. The molecule has 8 nitrogen and oxygen atoms in total. The Labute approximate surface area is 190 Å². The van der Waals surface area contributed by atoms with Gasteiger partial charge in [0.15, 0.2) is 5.11 Å². The number of nitrogens with one attached hydrogen (secondary N) is 1. The monoisotopic (exact) mass is 468 g/mol. The zero-order chi connectivity index (χ0) is 22.6. The third-order valence-corrected chi connectivity index (χ3v) is 8.28. The minimum absolute atomic E-state index is 0.0705. The lowest BCUT2D eigenvalue weighted by molar-refractivity contribution is -0.142. The molecule has 0 unspecified atom stereocenters. The highest BCUT2D eigenvalue weighted by molar-refractivity contribution is 7.89. The predicted molar refractivity (Wildman–Crippen MR) is 125 cm³/mol. The number of hydrogen-bond donors (Lipinski definition) is 1. The first-order valence-electron chi connectivity index (χ1n) is 10.8. The van der Waals surface area contributed by atoms with Gasteiger partial charge in [-0.1, -0.05) is 19.9 Å². The lowest BCUT2D eigenvalue weighted by Crippen LogP contribution is -2.53. The van der Waals surface area contributed by atoms with Gasteiger partial charge in [-0.3, -0.25) is 4.79 Å². The van der Waals surface area contributed by atoms with Crippen molar-refractivity contribution >= 4 is 38.9 Å². The van der Waals surface area contributed by atoms with Crippen molar-refractivity contribution in [3.63, 3.8) is 0 Å². The van der Waals surface area contributed by atoms with Crippen LogP contribution in [-0.2, 0) is 19.6 Å². The van der Waals surface area contributed by atoms with Crippen molar-refractivity contribution in [1.82, 2.24) is 14.1 Å². The number of amides is 1. The van der Waals surface area contributed by atoms with Crippen LogP contribution in [0.15, 0.2) is 23.1 Å². The maximum atomic E-state index is 12.9. The summed E-state index contributed by atoms with van der Waals surface area (Å²) in [6.07, 6.45) is 1.44. The minimum atomic E-state index is -3.55. The van der Waals surface area contributed by atoms with Crippen LogP contribution in [-0.4, -0.2) is 85.5 Å². The van der Waals surface area contributed by atoms with Crippen molar-refractivity contribution in [3.8, 4) is 0 Å². The number of anilines is 1. The highest BCUT2D eigenvalue weighted by Gasteiger charge is 2.31. The van der Waals surface area contributed by atoms with Crippen LogP contribution >= 0.6 is 12.2 Å². The molecule has 0 spiro atoms. The van der Waals surface area contributed by atoms with Crippen molar-refractivity contribution in [3.05, 3.63) is 23.8 Å². The zero-order valence-electron chi connectivity index (χ0n) is 18.5. The van der Waals surface area contributed by atoms with Crippen LogP contribution in [0.25, 0.3) is 0 Å². The van der Waals surface area contributed by atoms with Gasteiger partial charge in [0.1, 0.15) is 6.10 Å². The molecule has 0 saturated carbocycles. The van der Waals surface area contributed by atoms with Crippen molar-refractivity contribution in [2.45, 2.75) is 44.6 Å². The summed E-state index contributed by atoms with van der Waals surface area (Å²) < 4.78 is 32.7. The van der Waals surface area contributed by atoms with Gasteiger partial charge in [-0.05, 0) is 49.7 Å². The number of thiocarbonyl (C=S) groups is 1. The van der Waals surface area contributed by atoms with E-state index in [2.05, 4.69) is 5.32 Å². The number of piperazine rings is 1. The largest absolute Gasteiger partial charge is 0.368 e. The molecule has 1 atom stereocenters. The quantitative estimate of drug-likeness (QED) is 0.640. The van der Waals surface area contributed by atoms with Gasteiger partial charge in [-0.15, -0.1) is 0 Å². The van der Waals surface area contributed by atoms with Crippen LogP contribution in [0, 0.1) is 6.92 Å². The Morgan fingerprint density at radius 3 is 2.42 bits per heavy atom. The van der Waals surface area contributed by atoms with Crippen molar-refractivity contribution < 1.29 is 17.9 Å². The molecule has 1 aromatic rings. The van der Waals surface area contributed by atoms with E-state index in [-0.39, 0.29) is 16.9 Å². The molecule has 2 saturated heterocycles. The Morgan fingerprint density at radius 2 is 1.84 bits per heavy atom. The molecule has 0 aromatic heterocycles. The molecule has 1 N–H and O–H groups in total. The van der Waals surface area contributed by atoms with Crippen LogP contribution in [0.5, 0.6) is 0 Å². The third kappa shape index (κ3) is 5.36. The predicted octanol–water partition coefficient (Wildman–Crippen LogP) is 2.05. The summed E-state index contributed by atoms with van der Waals surface area (Å²) in [5.74, 6) is 0.0705. The summed E-state index contributed by atoms with van der Waals surface area (Å²) in [6, 6.07) is 5.07. The Balaban J connectivity index is 1.64. The van der Waals surface area contributed by atoms with Gasteiger partial charge in [0.25, 0.3) is 5.91 Å². The van der Waals surface area contributed by atoms with Gasteiger partial charge < -0.3 is 19.9 Å². The molecule has 0 radical (unpaired) electrons. The second-order valence-electron chi connectivity index (χ2n) is 7.81. The number of sulfonamides is 1. The summed E-state index contributed by atoms with van der Waals surface area (Å²) in [5.41, 5.74) is 1.59. The molecule has 2 aliphatic heterocycles. The molecule has 10 heteroatoms. The Bertz CT molecular complexity index is 904. The molecule has 2 aliphatic rings. The van der Waals surface area contributed by atoms with E-state index in [9.17, 15) is 13.2 Å². The Kier molecular flexibility index (Phi) is 7.90. The number of carbonyl (C=O) groups excluding carboxylic acids is 1. The maximum absolute atomic E-state index is 12.9. The first kappa shape index (κ1) is 23.9. The van der Waals surface area contributed by atoms with E-state index >= 15 is 0 Å². The van der Waals surface area contributed by atoms with E-state index in [1.165, 1.54) is 4.31 Å². The van der Waals surface area contributed by atoms with Crippen LogP contribution in [0.2, 0.25) is 0 Å². The van der Waals surface area contributed by atoms with Crippen LogP contribution in [0.4, 0.5) is 5.69 Å². The second kappa shape index (κ2) is 10.2. The number of ether oxygens (including phenoxy) is 1. The summed E-state index contributed by atoms with van der Waals surface area (Å²) in [4.78, 5) is 16.6. The molecule has 3 rings (SSSR count). The molecule has 1 amide bonds. The summed E-state index contributed by atoms with van der Waals surface area (Å²) in [7, 11) is -3.55. The second-order valence-corrected chi connectivity index (χ2v) is 10.1. The topological polar surface area (TPSA) is 82.2 Å². The average Bonchev–Trinajstić information content (AvgIpc) is 3.30. The highest BCUT2D eigenvalue weighted by atomic mass is 32.2. The van der Waals surface area contributed by atoms with Crippen molar-refractivity contribution in [1.29, 1.82) is 0 Å². The fourth-order valence-electron chi connectivity index (χ4n) is 3.91. The maximum Gasteiger partial charge on any atom is 0.251 e.